The van der Waals surface area contributed by atoms with Crippen molar-refractivity contribution >= 4 is 5.96 Å². The molecule has 4 atom stereocenters. The maximum absolute atomic E-state index is 6.14. The molecule has 4 aliphatic rings. The molecule has 1 saturated heterocycles. The van der Waals surface area contributed by atoms with E-state index in [9.17, 15) is 0 Å². The van der Waals surface area contributed by atoms with Crippen LogP contribution >= 0.6 is 0 Å². The first kappa shape index (κ1) is 17.4. The number of aliphatic imine (C=N–C) groups is 1. The van der Waals surface area contributed by atoms with Crippen LogP contribution in [0.4, 0.5) is 0 Å². The second-order valence-electron chi connectivity index (χ2n) is 8.50. The lowest BCUT2D eigenvalue weighted by Gasteiger charge is -2.57. The van der Waals surface area contributed by atoms with Crippen molar-refractivity contribution in [1.82, 2.24) is 10.6 Å². The highest BCUT2D eigenvalue weighted by atomic mass is 16.5. The number of guanidine groups is 1. The van der Waals surface area contributed by atoms with Crippen LogP contribution < -0.4 is 15.4 Å². The molecule has 5 heteroatoms. The van der Waals surface area contributed by atoms with Gasteiger partial charge < -0.3 is 20.1 Å². The number of para-hydroxylation sites is 1. The van der Waals surface area contributed by atoms with Crippen molar-refractivity contribution in [3.05, 3.63) is 29.8 Å². The lowest BCUT2D eigenvalue weighted by atomic mass is 9.54. The van der Waals surface area contributed by atoms with Gasteiger partial charge in [0.25, 0.3) is 0 Å². The van der Waals surface area contributed by atoms with Crippen LogP contribution in [0.2, 0.25) is 0 Å². The van der Waals surface area contributed by atoms with Crippen LogP contribution in [0, 0.1) is 11.3 Å². The molecule has 146 valence electrons. The summed E-state index contributed by atoms with van der Waals surface area (Å²) in [6, 6.07) is 9.11. The second kappa shape index (κ2) is 7.01. The minimum atomic E-state index is 0.253. The van der Waals surface area contributed by atoms with Gasteiger partial charge in [0.05, 0.1) is 18.8 Å². The first-order valence-electron chi connectivity index (χ1n) is 10.7. The van der Waals surface area contributed by atoms with Crippen molar-refractivity contribution < 1.29 is 9.47 Å². The minimum Gasteiger partial charge on any atom is -0.493 e. The Balaban J connectivity index is 1.34. The van der Waals surface area contributed by atoms with Gasteiger partial charge in [-0.25, -0.2) is 0 Å². The molecule has 0 aromatic heterocycles. The Hall–Kier alpha value is -1.75. The number of hydrogen-bond donors (Lipinski definition) is 2. The molecule has 0 radical (unpaired) electrons. The van der Waals surface area contributed by atoms with Gasteiger partial charge in [-0.2, -0.15) is 0 Å². The molecule has 27 heavy (non-hydrogen) atoms. The highest BCUT2D eigenvalue weighted by Gasteiger charge is 2.65. The Kier molecular flexibility index (Phi) is 4.50. The van der Waals surface area contributed by atoms with Crippen molar-refractivity contribution in [2.75, 3.05) is 19.8 Å². The van der Waals surface area contributed by atoms with E-state index in [2.05, 4.69) is 35.8 Å². The lowest BCUT2D eigenvalue weighted by Crippen LogP contribution is -2.69. The normalized spacial score (nSPS) is 33.7. The SMILES string of the molecule is CCN=C(NC1CCOc2ccccc21)NC1C2CCOC2C12CCCC2. The molecule has 0 bridgehead atoms. The van der Waals surface area contributed by atoms with E-state index in [1.165, 1.54) is 37.7 Å². The van der Waals surface area contributed by atoms with Crippen LogP contribution in [0.3, 0.4) is 0 Å². The molecule has 1 aromatic rings. The van der Waals surface area contributed by atoms with Gasteiger partial charge in [-0.1, -0.05) is 31.0 Å². The molecule has 5 nitrogen and oxygen atoms in total. The van der Waals surface area contributed by atoms with Crippen LogP contribution in [0.1, 0.15) is 57.1 Å². The van der Waals surface area contributed by atoms with E-state index in [1.54, 1.807) is 0 Å². The summed E-state index contributed by atoms with van der Waals surface area (Å²) in [4.78, 5) is 4.79. The Morgan fingerprint density at radius 3 is 2.85 bits per heavy atom. The van der Waals surface area contributed by atoms with Gasteiger partial charge >= 0.3 is 0 Å². The van der Waals surface area contributed by atoms with Crippen molar-refractivity contribution in [2.24, 2.45) is 16.3 Å². The van der Waals surface area contributed by atoms with Gasteiger partial charge in [0.1, 0.15) is 5.75 Å². The summed E-state index contributed by atoms with van der Waals surface area (Å²) in [6.45, 7) is 4.57. The Labute approximate surface area is 161 Å². The number of nitrogens with zero attached hydrogens (tertiary/aromatic N) is 1. The van der Waals surface area contributed by atoms with Gasteiger partial charge in [-0.15, -0.1) is 0 Å². The van der Waals surface area contributed by atoms with Crippen molar-refractivity contribution in [3.63, 3.8) is 0 Å². The van der Waals surface area contributed by atoms with E-state index in [0.717, 1.165) is 37.9 Å². The first-order chi connectivity index (χ1) is 13.3. The van der Waals surface area contributed by atoms with Crippen LogP contribution in [0.25, 0.3) is 0 Å². The van der Waals surface area contributed by atoms with Crippen LogP contribution in [-0.4, -0.2) is 37.9 Å². The zero-order chi connectivity index (χ0) is 18.3. The van der Waals surface area contributed by atoms with E-state index in [1.807, 2.05) is 6.07 Å². The average Bonchev–Trinajstić information content (AvgIpc) is 3.35. The Morgan fingerprint density at radius 2 is 2.00 bits per heavy atom. The third-order valence-electron chi connectivity index (χ3n) is 7.16. The molecular formula is C22H31N3O2. The van der Waals surface area contributed by atoms with Crippen molar-refractivity contribution in [3.8, 4) is 5.75 Å². The average molecular weight is 370 g/mol. The van der Waals surface area contributed by atoms with Crippen LogP contribution in [-0.2, 0) is 4.74 Å². The fraction of sp³-hybridized carbons (Fsp3) is 0.682. The van der Waals surface area contributed by atoms with Crippen molar-refractivity contribution in [2.45, 2.75) is 63.6 Å². The molecule has 1 spiro atoms. The number of ether oxygens (including phenoxy) is 2. The zero-order valence-corrected chi connectivity index (χ0v) is 16.2. The number of nitrogens with one attached hydrogen (secondary N) is 2. The van der Waals surface area contributed by atoms with Gasteiger partial charge in [0.2, 0.25) is 0 Å². The standard InChI is InChI=1S/C22H31N3O2/c1-2-23-21(24-17-10-14-26-18-8-4-3-7-15(17)18)25-19-16-9-13-27-20(16)22(19)11-5-6-12-22/h3-4,7-8,16-17,19-20H,2,5-6,9-14H2,1H3,(H2,23,24,25). The summed E-state index contributed by atoms with van der Waals surface area (Å²) in [6.07, 6.45) is 7.90. The minimum absolute atomic E-state index is 0.253. The molecular weight excluding hydrogens is 338 g/mol. The van der Waals surface area contributed by atoms with Gasteiger partial charge in [-0.3, -0.25) is 4.99 Å². The van der Waals surface area contributed by atoms with E-state index in [4.69, 9.17) is 14.5 Å². The fourth-order valence-electron chi connectivity index (χ4n) is 6.00. The highest BCUT2D eigenvalue weighted by molar-refractivity contribution is 5.81. The van der Waals surface area contributed by atoms with Crippen molar-refractivity contribution in [1.29, 1.82) is 0 Å². The third-order valence-corrected chi connectivity index (χ3v) is 7.16. The van der Waals surface area contributed by atoms with Gasteiger partial charge in [0.15, 0.2) is 5.96 Å². The highest BCUT2D eigenvalue weighted by Crippen LogP contribution is 2.60. The quantitative estimate of drug-likeness (QED) is 0.633. The third kappa shape index (κ3) is 2.82. The second-order valence-corrected chi connectivity index (χ2v) is 8.50. The predicted octanol–water partition coefficient (Wildman–Crippen LogP) is 3.41. The zero-order valence-electron chi connectivity index (χ0n) is 16.2. The summed E-state index contributed by atoms with van der Waals surface area (Å²) in [5, 5.41) is 7.57. The van der Waals surface area contributed by atoms with E-state index in [-0.39, 0.29) is 6.04 Å². The molecule has 2 saturated carbocycles. The van der Waals surface area contributed by atoms with Gasteiger partial charge in [0, 0.05) is 42.5 Å². The maximum Gasteiger partial charge on any atom is 0.191 e. The summed E-state index contributed by atoms with van der Waals surface area (Å²) in [5.41, 5.74) is 1.57. The topological polar surface area (TPSA) is 54.9 Å². The van der Waals surface area contributed by atoms with E-state index >= 15 is 0 Å². The molecule has 1 aromatic carbocycles. The molecule has 0 amide bonds. The smallest absolute Gasteiger partial charge is 0.191 e. The molecule has 2 aliphatic carbocycles. The molecule has 4 unspecified atom stereocenters. The molecule has 3 fully saturated rings. The molecule has 2 aliphatic heterocycles. The Morgan fingerprint density at radius 1 is 1.15 bits per heavy atom. The van der Waals surface area contributed by atoms with Gasteiger partial charge in [-0.05, 0) is 32.3 Å². The fourth-order valence-corrected chi connectivity index (χ4v) is 6.00. The first-order valence-corrected chi connectivity index (χ1v) is 10.7. The molecule has 2 N–H and O–H groups in total. The number of benzene rings is 1. The molecule has 5 rings (SSSR count). The monoisotopic (exact) mass is 369 g/mol. The number of hydrogen-bond acceptors (Lipinski definition) is 3. The summed E-state index contributed by atoms with van der Waals surface area (Å²) in [7, 11) is 0. The van der Waals surface area contributed by atoms with E-state index in [0.29, 0.717) is 23.5 Å². The number of fused-ring (bicyclic) bond motifs is 3. The van der Waals surface area contributed by atoms with Crippen LogP contribution in [0.15, 0.2) is 29.3 Å². The maximum atomic E-state index is 6.14. The number of rotatable bonds is 3. The summed E-state index contributed by atoms with van der Waals surface area (Å²) >= 11 is 0. The predicted molar refractivity (Wildman–Crippen MR) is 106 cm³/mol. The molecule has 2 heterocycles. The summed E-state index contributed by atoms with van der Waals surface area (Å²) < 4.78 is 12.0. The lowest BCUT2D eigenvalue weighted by molar-refractivity contribution is -0.125. The van der Waals surface area contributed by atoms with E-state index < -0.39 is 0 Å². The Bertz CT molecular complexity index is 713. The summed E-state index contributed by atoms with van der Waals surface area (Å²) in [5.74, 6) is 2.60. The largest absolute Gasteiger partial charge is 0.493 e. The van der Waals surface area contributed by atoms with Crippen LogP contribution in [0.5, 0.6) is 5.75 Å².